The number of carbonyl (C=O) groups is 2. The van der Waals surface area contributed by atoms with Crippen LogP contribution in [0, 0.1) is 0 Å². The van der Waals surface area contributed by atoms with Crippen molar-refractivity contribution in [1.82, 2.24) is 0 Å². The lowest BCUT2D eigenvalue weighted by Gasteiger charge is -2.25. The third-order valence-corrected chi connectivity index (χ3v) is 6.72. The summed E-state index contributed by atoms with van der Waals surface area (Å²) in [5.41, 5.74) is 1.64. The van der Waals surface area contributed by atoms with Gasteiger partial charge in [-0.15, -0.1) is 0 Å². The average molecular weight is 544 g/mol. The summed E-state index contributed by atoms with van der Waals surface area (Å²) >= 11 is 6.18. The van der Waals surface area contributed by atoms with E-state index in [1.165, 1.54) is 11.0 Å². The van der Waals surface area contributed by atoms with Gasteiger partial charge in [0.25, 0.3) is 5.91 Å². The molecule has 1 aromatic heterocycles. The number of nitrogens with zero attached hydrogens (tertiary/aromatic N) is 1. The Kier molecular flexibility index (Phi) is 7.52. The van der Waals surface area contributed by atoms with Crippen LogP contribution in [0.3, 0.4) is 0 Å². The van der Waals surface area contributed by atoms with Crippen LogP contribution in [0.15, 0.2) is 88.6 Å². The molecule has 198 valence electrons. The molecule has 8 heteroatoms. The molecule has 0 aliphatic carbocycles. The van der Waals surface area contributed by atoms with Crippen molar-refractivity contribution in [3.05, 3.63) is 117 Å². The number of rotatable bonds is 9. The Morgan fingerprint density at radius 1 is 1.10 bits per heavy atom. The lowest BCUT2D eigenvalue weighted by atomic mass is 9.98. The summed E-state index contributed by atoms with van der Waals surface area (Å²) in [6, 6.07) is 17.6. The standard InChI is InChI=1S/C31H26ClNO6/c1-3-5-16-38-31(36)19-9-12-22(13-10-19)33-27(20-7-6-8-23(17-20)37-15-4-2)26-28(34)24-18-21(32)11-14-25(24)39-29(26)30(33)35/h4,6-14,17-18,27H,2-3,5,15-16H2,1H3. The summed E-state index contributed by atoms with van der Waals surface area (Å²) in [4.78, 5) is 41.5. The summed E-state index contributed by atoms with van der Waals surface area (Å²) in [7, 11) is 0. The molecule has 0 bridgehead atoms. The van der Waals surface area contributed by atoms with E-state index in [1.807, 2.05) is 13.0 Å². The first-order chi connectivity index (χ1) is 18.9. The minimum atomic E-state index is -0.804. The van der Waals surface area contributed by atoms with Gasteiger partial charge in [0, 0.05) is 10.7 Å². The minimum Gasteiger partial charge on any atom is -0.490 e. The number of esters is 1. The molecular weight excluding hydrogens is 518 g/mol. The maximum Gasteiger partial charge on any atom is 0.338 e. The van der Waals surface area contributed by atoms with Crippen LogP contribution >= 0.6 is 11.6 Å². The quantitative estimate of drug-likeness (QED) is 0.132. The largest absolute Gasteiger partial charge is 0.490 e. The Bertz CT molecular complexity index is 1620. The molecular formula is C31H26ClNO6. The molecule has 0 saturated carbocycles. The molecule has 0 saturated heterocycles. The predicted octanol–water partition coefficient (Wildman–Crippen LogP) is 6.72. The molecule has 1 aliphatic rings. The summed E-state index contributed by atoms with van der Waals surface area (Å²) in [5, 5.41) is 0.666. The van der Waals surface area contributed by atoms with Gasteiger partial charge in [-0.1, -0.05) is 49.7 Å². The van der Waals surface area contributed by atoms with E-state index in [0.29, 0.717) is 40.8 Å². The molecule has 3 aromatic carbocycles. The number of unbranched alkanes of at least 4 members (excludes halogenated alkanes) is 1. The van der Waals surface area contributed by atoms with Crippen LogP contribution in [-0.2, 0) is 4.74 Å². The Morgan fingerprint density at radius 2 is 1.90 bits per heavy atom. The van der Waals surface area contributed by atoms with Crippen molar-refractivity contribution in [3.63, 3.8) is 0 Å². The average Bonchev–Trinajstić information content (AvgIpc) is 3.25. The van der Waals surface area contributed by atoms with E-state index in [9.17, 15) is 14.4 Å². The van der Waals surface area contributed by atoms with Gasteiger partial charge in [0.1, 0.15) is 17.9 Å². The van der Waals surface area contributed by atoms with Crippen LogP contribution in [0.2, 0.25) is 5.02 Å². The highest BCUT2D eigenvalue weighted by molar-refractivity contribution is 6.31. The Morgan fingerprint density at radius 3 is 2.64 bits per heavy atom. The first-order valence-electron chi connectivity index (χ1n) is 12.6. The van der Waals surface area contributed by atoms with Gasteiger partial charge in [-0.05, 0) is 66.6 Å². The van der Waals surface area contributed by atoms with E-state index in [4.69, 9.17) is 25.5 Å². The van der Waals surface area contributed by atoms with Gasteiger partial charge in [-0.25, -0.2) is 4.79 Å². The summed E-state index contributed by atoms with van der Waals surface area (Å²) in [6.07, 6.45) is 3.33. The fourth-order valence-corrected chi connectivity index (χ4v) is 4.78. The molecule has 1 atom stereocenters. The lowest BCUT2D eigenvalue weighted by molar-refractivity contribution is 0.0499. The third-order valence-electron chi connectivity index (χ3n) is 6.49. The fraction of sp³-hybridized carbons (Fsp3) is 0.194. The van der Waals surface area contributed by atoms with Crippen molar-refractivity contribution in [2.75, 3.05) is 18.1 Å². The molecule has 0 N–H and O–H groups in total. The highest BCUT2D eigenvalue weighted by Gasteiger charge is 2.43. The van der Waals surface area contributed by atoms with Crippen molar-refractivity contribution < 1.29 is 23.5 Å². The van der Waals surface area contributed by atoms with E-state index >= 15 is 0 Å². The predicted molar refractivity (Wildman–Crippen MR) is 150 cm³/mol. The number of ether oxygens (including phenoxy) is 2. The molecule has 4 aromatic rings. The molecule has 7 nitrogen and oxygen atoms in total. The summed E-state index contributed by atoms with van der Waals surface area (Å²) in [5.74, 6) is -0.388. The summed E-state index contributed by atoms with van der Waals surface area (Å²) < 4.78 is 17.0. The zero-order valence-electron chi connectivity index (χ0n) is 21.3. The van der Waals surface area contributed by atoms with Crippen molar-refractivity contribution >= 4 is 40.1 Å². The van der Waals surface area contributed by atoms with Crippen molar-refractivity contribution in [3.8, 4) is 5.75 Å². The first-order valence-corrected chi connectivity index (χ1v) is 13.0. The highest BCUT2D eigenvalue weighted by atomic mass is 35.5. The topological polar surface area (TPSA) is 86.0 Å². The molecule has 0 spiro atoms. The third kappa shape index (κ3) is 5.05. The van der Waals surface area contributed by atoms with Crippen molar-refractivity contribution in [1.29, 1.82) is 0 Å². The number of anilines is 1. The van der Waals surface area contributed by atoms with E-state index in [0.717, 1.165) is 12.8 Å². The van der Waals surface area contributed by atoms with Gasteiger partial charge in [-0.3, -0.25) is 14.5 Å². The number of hydrogen-bond donors (Lipinski definition) is 0. The Labute approximate surface area is 230 Å². The van der Waals surface area contributed by atoms with E-state index in [-0.39, 0.29) is 27.7 Å². The molecule has 1 unspecified atom stereocenters. The van der Waals surface area contributed by atoms with Gasteiger partial charge in [0.15, 0.2) is 5.43 Å². The van der Waals surface area contributed by atoms with Crippen LogP contribution in [0.4, 0.5) is 5.69 Å². The maximum absolute atomic E-state index is 13.8. The van der Waals surface area contributed by atoms with Crippen LogP contribution in [0.25, 0.3) is 11.0 Å². The van der Waals surface area contributed by atoms with E-state index in [1.54, 1.807) is 60.7 Å². The number of fused-ring (bicyclic) bond motifs is 2. The number of halogens is 1. The van der Waals surface area contributed by atoms with Crippen LogP contribution in [0.5, 0.6) is 5.75 Å². The highest BCUT2D eigenvalue weighted by Crippen LogP contribution is 2.42. The first kappa shape index (κ1) is 26.3. The van der Waals surface area contributed by atoms with Crippen LogP contribution < -0.4 is 15.1 Å². The molecule has 5 rings (SSSR count). The smallest absolute Gasteiger partial charge is 0.338 e. The zero-order chi connectivity index (χ0) is 27.5. The second-order valence-electron chi connectivity index (χ2n) is 9.10. The second kappa shape index (κ2) is 11.2. The van der Waals surface area contributed by atoms with Crippen LogP contribution in [0.1, 0.15) is 57.8 Å². The number of carbonyl (C=O) groups excluding carboxylic acids is 2. The van der Waals surface area contributed by atoms with E-state index in [2.05, 4.69) is 6.58 Å². The van der Waals surface area contributed by atoms with Crippen molar-refractivity contribution in [2.24, 2.45) is 0 Å². The van der Waals surface area contributed by atoms with Gasteiger partial charge in [0.2, 0.25) is 5.76 Å². The molecule has 39 heavy (non-hydrogen) atoms. The summed E-state index contributed by atoms with van der Waals surface area (Å²) in [6.45, 7) is 6.34. The molecule has 2 heterocycles. The molecule has 0 radical (unpaired) electrons. The Hall–Kier alpha value is -4.36. The maximum atomic E-state index is 13.8. The fourth-order valence-electron chi connectivity index (χ4n) is 4.61. The number of hydrogen-bond acceptors (Lipinski definition) is 6. The lowest BCUT2D eigenvalue weighted by Crippen LogP contribution is -2.29. The van der Waals surface area contributed by atoms with Gasteiger partial charge < -0.3 is 13.9 Å². The minimum absolute atomic E-state index is 0.0414. The second-order valence-corrected chi connectivity index (χ2v) is 9.54. The molecule has 1 amide bonds. The van der Waals surface area contributed by atoms with E-state index < -0.39 is 17.9 Å². The number of amides is 1. The monoisotopic (exact) mass is 543 g/mol. The zero-order valence-corrected chi connectivity index (χ0v) is 22.1. The Balaban J connectivity index is 1.62. The van der Waals surface area contributed by atoms with Gasteiger partial charge >= 0.3 is 5.97 Å². The SMILES string of the molecule is C=CCOc1cccc(C2c3c(oc4ccc(Cl)cc4c3=O)C(=O)N2c2ccc(C(=O)OCCCC)cc2)c1. The van der Waals surface area contributed by atoms with Crippen molar-refractivity contribution in [2.45, 2.75) is 25.8 Å². The number of benzene rings is 3. The molecule has 1 aliphatic heterocycles. The normalized spacial score (nSPS) is 14.4. The van der Waals surface area contributed by atoms with Gasteiger partial charge in [-0.2, -0.15) is 0 Å². The van der Waals surface area contributed by atoms with Crippen LogP contribution in [-0.4, -0.2) is 25.1 Å². The molecule has 0 fully saturated rings. The van der Waals surface area contributed by atoms with Gasteiger partial charge in [0.05, 0.1) is 29.2 Å².